The molecule has 2 aliphatic rings. The molecule has 6 nitrogen and oxygen atoms in total. The molecule has 2 heterocycles. The van der Waals surface area contributed by atoms with Crippen molar-refractivity contribution < 1.29 is 13.2 Å². The van der Waals surface area contributed by atoms with Gasteiger partial charge in [0.2, 0.25) is 15.9 Å². The van der Waals surface area contributed by atoms with Gasteiger partial charge in [0.1, 0.15) is 0 Å². The second kappa shape index (κ2) is 4.63. The fourth-order valence-corrected chi connectivity index (χ4v) is 3.65. The summed E-state index contributed by atoms with van der Waals surface area (Å²) in [4.78, 5) is 11.2. The van der Waals surface area contributed by atoms with Gasteiger partial charge in [-0.15, -0.1) is 0 Å². The third kappa shape index (κ3) is 2.58. The van der Waals surface area contributed by atoms with Crippen molar-refractivity contribution in [1.82, 2.24) is 9.62 Å². The van der Waals surface area contributed by atoms with Crippen molar-refractivity contribution in [3.8, 4) is 6.07 Å². The molecule has 0 radical (unpaired) electrons. The van der Waals surface area contributed by atoms with Crippen LogP contribution in [0.4, 0.5) is 0 Å². The minimum Gasteiger partial charge on any atom is -0.353 e. The molecule has 0 aromatic carbocycles. The first kappa shape index (κ1) is 12.3. The van der Waals surface area contributed by atoms with Gasteiger partial charge in [-0.25, -0.2) is 12.7 Å². The van der Waals surface area contributed by atoms with Gasteiger partial charge in [-0.2, -0.15) is 5.26 Å². The van der Waals surface area contributed by atoms with E-state index in [9.17, 15) is 13.2 Å². The number of hydrogen-bond acceptors (Lipinski definition) is 4. The van der Waals surface area contributed by atoms with Gasteiger partial charge in [-0.05, 0) is 18.8 Å². The Bertz CT molecular complexity index is 454. The van der Waals surface area contributed by atoms with Crippen molar-refractivity contribution in [3.63, 3.8) is 0 Å². The highest BCUT2D eigenvalue weighted by molar-refractivity contribution is 7.89. The van der Waals surface area contributed by atoms with E-state index in [1.807, 2.05) is 0 Å². The fourth-order valence-electron chi connectivity index (χ4n) is 2.50. The summed E-state index contributed by atoms with van der Waals surface area (Å²) in [6.07, 6.45) is 1.84. The first-order valence-electron chi connectivity index (χ1n) is 5.67. The Balaban J connectivity index is 2.04. The maximum Gasteiger partial charge on any atom is 0.227 e. The molecule has 2 fully saturated rings. The molecule has 2 saturated heterocycles. The fraction of sp³-hybridized carbons (Fsp3) is 0.800. The number of hydrogen-bond donors (Lipinski definition) is 1. The number of carbonyl (C=O) groups excluding carboxylic acids is 1. The van der Waals surface area contributed by atoms with Crippen LogP contribution in [-0.4, -0.2) is 43.5 Å². The molecule has 0 spiro atoms. The summed E-state index contributed by atoms with van der Waals surface area (Å²) in [5.74, 6) is -0.217. The lowest BCUT2D eigenvalue weighted by molar-refractivity contribution is -0.124. The van der Waals surface area contributed by atoms with Crippen molar-refractivity contribution >= 4 is 15.9 Å². The van der Waals surface area contributed by atoms with E-state index in [4.69, 9.17) is 5.26 Å². The van der Waals surface area contributed by atoms with Crippen molar-refractivity contribution in [3.05, 3.63) is 0 Å². The molecule has 17 heavy (non-hydrogen) atoms. The molecule has 2 unspecified atom stereocenters. The van der Waals surface area contributed by atoms with Gasteiger partial charge in [-0.1, -0.05) is 0 Å². The zero-order valence-electron chi connectivity index (χ0n) is 9.42. The Morgan fingerprint density at radius 1 is 1.47 bits per heavy atom. The molecular formula is C10H15N3O3S. The predicted octanol–water partition coefficient (Wildman–Crippen LogP) is -0.560. The van der Waals surface area contributed by atoms with E-state index in [1.54, 1.807) is 6.07 Å². The lowest BCUT2D eigenvalue weighted by Gasteiger charge is -2.40. The third-order valence-corrected chi connectivity index (χ3v) is 5.04. The molecule has 7 heteroatoms. The highest BCUT2D eigenvalue weighted by Gasteiger charge is 2.37. The van der Waals surface area contributed by atoms with Crippen LogP contribution in [0, 0.1) is 17.2 Å². The first-order chi connectivity index (χ1) is 8.03. The van der Waals surface area contributed by atoms with Gasteiger partial charge in [0.25, 0.3) is 0 Å². The quantitative estimate of drug-likeness (QED) is 0.718. The lowest BCUT2D eigenvalue weighted by Crippen LogP contribution is -2.55. The molecule has 2 aliphatic heterocycles. The van der Waals surface area contributed by atoms with Gasteiger partial charge >= 0.3 is 0 Å². The maximum atomic E-state index is 11.7. The second-order valence-electron chi connectivity index (χ2n) is 4.53. The van der Waals surface area contributed by atoms with Crippen molar-refractivity contribution in [1.29, 1.82) is 5.26 Å². The van der Waals surface area contributed by atoms with Crippen LogP contribution in [0.3, 0.4) is 0 Å². The summed E-state index contributed by atoms with van der Waals surface area (Å²) in [6.45, 7) is 0.820. The van der Waals surface area contributed by atoms with Gasteiger partial charge < -0.3 is 5.32 Å². The van der Waals surface area contributed by atoms with Gasteiger partial charge in [0.15, 0.2) is 5.75 Å². The maximum absolute atomic E-state index is 11.7. The molecule has 0 aliphatic carbocycles. The number of amides is 1. The number of fused-ring (bicyclic) bond motifs is 1. The topological polar surface area (TPSA) is 90.3 Å². The third-order valence-electron chi connectivity index (χ3n) is 3.43. The van der Waals surface area contributed by atoms with Gasteiger partial charge in [-0.3, -0.25) is 4.79 Å². The summed E-state index contributed by atoms with van der Waals surface area (Å²) in [7, 11) is -3.44. The van der Waals surface area contributed by atoms with E-state index < -0.39 is 15.8 Å². The molecule has 0 bridgehead atoms. The highest BCUT2D eigenvalue weighted by Crippen LogP contribution is 2.26. The SMILES string of the molecule is N#CCS(=O)(=O)N1CCC2NC(=O)CCC2C1. The smallest absolute Gasteiger partial charge is 0.227 e. The minimum absolute atomic E-state index is 0.0552. The van der Waals surface area contributed by atoms with Crippen LogP contribution in [0.2, 0.25) is 0 Å². The van der Waals surface area contributed by atoms with E-state index in [2.05, 4.69) is 5.32 Å². The number of nitrogens with one attached hydrogen (secondary N) is 1. The van der Waals surface area contributed by atoms with Gasteiger partial charge in [0.05, 0.1) is 6.07 Å². The minimum atomic E-state index is -3.44. The van der Waals surface area contributed by atoms with Crippen molar-refractivity contribution in [2.75, 3.05) is 18.8 Å². The Kier molecular flexibility index (Phi) is 3.35. The Morgan fingerprint density at radius 2 is 2.24 bits per heavy atom. The molecule has 0 aromatic rings. The van der Waals surface area contributed by atoms with Crippen molar-refractivity contribution in [2.24, 2.45) is 5.92 Å². The Labute approximate surface area is 101 Å². The summed E-state index contributed by atoms with van der Waals surface area (Å²) >= 11 is 0. The molecular weight excluding hydrogens is 242 g/mol. The summed E-state index contributed by atoms with van der Waals surface area (Å²) in [5, 5.41) is 11.4. The van der Waals surface area contributed by atoms with Crippen LogP contribution in [0.25, 0.3) is 0 Å². The Morgan fingerprint density at radius 3 is 2.94 bits per heavy atom. The number of nitrogens with zero attached hydrogens (tertiary/aromatic N) is 2. The monoisotopic (exact) mass is 257 g/mol. The number of rotatable bonds is 2. The summed E-state index contributed by atoms with van der Waals surface area (Å²) in [5.41, 5.74) is 0. The highest BCUT2D eigenvalue weighted by atomic mass is 32.2. The largest absolute Gasteiger partial charge is 0.353 e. The molecule has 1 N–H and O–H groups in total. The van der Waals surface area contributed by atoms with Crippen LogP contribution >= 0.6 is 0 Å². The lowest BCUT2D eigenvalue weighted by atomic mass is 9.86. The van der Waals surface area contributed by atoms with E-state index >= 15 is 0 Å². The molecule has 0 aromatic heterocycles. The molecule has 2 rings (SSSR count). The molecule has 2 atom stereocenters. The average molecular weight is 257 g/mol. The second-order valence-corrected chi connectivity index (χ2v) is 6.50. The average Bonchev–Trinajstić information content (AvgIpc) is 2.28. The summed E-state index contributed by atoms with van der Waals surface area (Å²) in [6, 6.07) is 1.79. The molecule has 0 saturated carbocycles. The summed E-state index contributed by atoms with van der Waals surface area (Å²) < 4.78 is 24.9. The van der Waals surface area contributed by atoms with Crippen LogP contribution < -0.4 is 5.32 Å². The standard InChI is InChI=1S/C10H15N3O3S/c11-4-6-17(15,16)13-5-3-9-8(7-13)1-2-10(14)12-9/h8-9H,1-3,5-7H2,(H,12,14). The Hall–Kier alpha value is -1.13. The number of piperidine rings is 2. The first-order valence-corrected chi connectivity index (χ1v) is 7.28. The van der Waals surface area contributed by atoms with E-state index in [0.717, 1.165) is 6.42 Å². The zero-order chi connectivity index (χ0) is 12.5. The predicted molar refractivity (Wildman–Crippen MR) is 60.2 cm³/mol. The molecule has 1 amide bonds. The number of carbonyl (C=O) groups is 1. The van der Waals surface area contributed by atoms with Crippen LogP contribution in [0.5, 0.6) is 0 Å². The van der Waals surface area contributed by atoms with E-state index in [-0.39, 0.29) is 17.9 Å². The van der Waals surface area contributed by atoms with Crippen LogP contribution in [0.15, 0.2) is 0 Å². The van der Waals surface area contributed by atoms with Gasteiger partial charge in [0, 0.05) is 25.6 Å². The zero-order valence-corrected chi connectivity index (χ0v) is 10.2. The molecule has 94 valence electrons. The van der Waals surface area contributed by atoms with E-state index in [0.29, 0.717) is 25.9 Å². The normalized spacial score (nSPS) is 30.2. The van der Waals surface area contributed by atoms with E-state index in [1.165, 1.54) is 4.31 Å². The van der Waals surface area contributed by atoms with Crippen LogP contribution in [0.1, 0.15) is 19.3 Å². The van der Waals surface area contributed by atoms with Crippen molar-refractivity contribution in [2.45, 2.75) is 25.3 Å². The van der Waals surface area contributed by atoms with Crippen LogP contribution in [-0.2, 0) is 14.8 Å². The number of sulfonamides is 1. The number of nitriles is 1.